The molecule has 2 aliphatic rings. The standard InChI is InChI=1S/C18H24ClNO3/c19-16-3-1-15(2-4-16)18(7-11-23-12-8-18)17(22)20-9-5-14(13-21)6-10-20/h1-4,14,21H,5-13H2. The minimum atomic E-state index is -0.491. The van der Waals surface area contributed by atoms with Crippen molar-refractivity contribution in [1.82, 2.24) is 4.90 Å². The number of aliphatic hydroxyl groups excluding tert-OH is 1. The van der Waals surface area contributed by atoms with Crippen LogP contribution < -0.4 is 0 Å². The van der Waals surface area contributed by atoms with Gasteiger partial charge in [0.2, 0.25) is 5.91 Å². The molecule has 0 unspecified atom stereocenters. The van der Waals surface area contributed by atoms with Gasteiger partial charge in [0, 0.05) is 37.9 Å². The summed E-state index contributed by atoms with van der Waals surface area (Å²) in [6.07, 6.45) is 3.20. The molecule has 5 heteroatoms. The number of benzene rings is 1. The Morgan fingerprint density at radius 2 is 1.83 bits per heavy atom. The van der Waals surface area contributed by atoms with Crippen molar-refractivity contribution in [3.63, 3.8) is 0 Å². The summed E-state index contributed by atoms with van der Waals surface area (Å²) in [6.45, 7) is 2.92. The summed E-state index contributed by atoms with van der Waals surface area (Å²) in [5, 5.41) is 9.97. The summed E-state index contributed by atoms with van der Waals surface area (Å²) in [5.41, 5.74) is 0.550. The molecule has 1 N–H and O–H groups in total. The van der Waals surface area contributed by atoms with E-state index in [0.29, 0.717) is 37.0 Å². The topological polar surface area (TPSA) is 49.8 Å². The number of nitrogens with zero attached hydrogens (tertiary/aromatic N) is 1. The van der Waals surface area contributed by atoms with Gasteiger partial charge in [0.1, 0.15) is 0 Å². The Balaban J connectivity index is 1.84. The number of ether oxygens (including phenoxy) is 1. The van der Waals surface area contributed by atoms with Crippen molar-refractivity contribution in [2.45, 2.75) is 31.1 Å². The van der Waals surface area contributed by atoms with Gasteiger partial charge in [0.15, 0.2) is 0 Å². The van der Waals surface area contributed by atoms with E-state index >= 15 is 0 Å². The molecule has 0 aliphatic carbocycles. The van der Waals surface area contributed by atoms with Gasteiger partial charge in [-0.3, -0.25) is 4.79 Å². The van der Waals surface area contributed by atoms with Gasteiger partial charge in [0.25, 0.3) is 0 Å². The maximum absolute atomic E-state index is 13.3. The van der Waals surface area contributed by atoms with Crippen LogP contribution >= 0.6 is 11.6 Å². The first kappa shape index (κ1) is 16.7. The summed E-state index contributed by atoms with van der Waals surface area (Å²) in [4.78, 5) is 15.3. The predicted molar refractivity (Wildman–Crippen MR) is 89.6 cm³/mol. The lowest BCUT2D eigenvalue weighted by molar-refractivity contribution is -0.143. The summed E-state index contributed by atoms with van der Waals surface area (Å²) in [6, 6.07) is 7.68. The van der Waals surface area contributed by atoms with Crippen LogP contribution in [0, 0.1) is 5.92 Å². The number of carbonyl (C=O) groups excluding carboxylic acids is 1. The fraction of sp³-hybridized carbons (Fsp3) is 0.611. The van der Waals surface area contributed by atoms with Gasteiger partial charge in [-0.2, -0.15) is 0 Å². The highest BCUT2D eigenvalue weighted by Crippen LogP contribution is 2.38. The van der Waals surface area contributed by atoms with Gasteiger partial charge in [-0.05, 0) is 49.3 Å². The van der Waals surface area contributed by atoms with Gasteiger partial charge >= 0.3 is 0 Å². The molecule has 23 heavy (non-hydrogen) atoms. The minimum absolute atomic E-state index is 0.208. The number of rotatable bonds is 3. The normalized spacial score (nSPS) is 22.1. The Labute approximate surface area is 142 Å². The summed E-state index contributed by atoms with van der Waals surface area (Å²) < 4.78 is 5.51. The van der Waals surface area contributed by atoms with E-state index in [4.69, 9.17) is 16.3 Å². The minimum Gasteiger partial charge on any atom is -0.396 e. The molecule has 3 rings (SSSR count). The third kappa shape index (κ3) is 3.39. The molecule has 1 amide bonds. The Morgan fingerprint density at radius 3 is 2.39 bits per heavy atom. The van der Waals surface area contributed by atoms with Gasteiger partial charge in [-0.15, -0.1) is 0 Å². The Hall–Kier alpha value is -1.10. The Morgan fingerprint density at radius 1 is 1.22 bits per heavy atom. The van der Waals surface area contributed by atoms with E-state index in [9.17, 15) is 9.90 Å². The quantitative estimate of drug-likeness (QED) is 0.922. The van der Waals surface area contributed by atoms with Crippen molar-refractivity contribution in [2.24, 2.45) is 5.92 Å². The lowest BCUT2D eigenvalue weighted by atomic mass is 9.72. The van der Waals surface area contributed by atoms with Crippen LogP contribution in [0.15, 0.2) is 24.3 Å². The highest BCUT2D eigenvalue weighted by molar-refractivity contribution is 6.30. The van der Waals surface area contributed by atoms with Gasteiger partial charge < -0.3 is 14.7 Å². The summed E-state index contributed by atoms with van der Waals surface area (Å²) >= 11 is 6.01. The molecule has 2 heterocycles. The molecule has 0 spiro atoms. The van der Waals surface area contributed by atoms with Crippen LogP contribution in [0.5, 0.6) is 0 Å². The van der Waals surface area contributed by atoms with Crippen LogP contribution in [-0.4, -0.2) is 48.8 Å². The maximum atomic E-state index is 13.3. The van der Waals surface area contributed by atoms with Crippen LogP contribution in [0.25, 0.3) is 0 Å². The first-order valence-electron chi connectivity index (χ1n) is 8.40. The van der Waals surface area contributed by atoms with Crippen LogP contribution in [0.1, 0.15) is 31.2 Å². The van der Waals surface area contributed by atoms with Crippen LogP contribution in [0.4, 0.5) is 0 Å². The van der Waals surface area contributed by atoms with E-state index < -0.39 is 5.41 Å². The Kier molecular flexibility index (Phi) is 5.24. The molecule has 1 aromatic rings. The molecule has 2 aliphatic heterocycles. The van der Waals surface area contributed by atoms with E-state index in [1.165, 1.54) is 0 Å². The highest BCUT2D eigenvalue weighted by Gasteiger charge is 2.44. The molecule has 0 bridgehead atoms. The first-order valence-corrected chi connectivity index (χ1v) is 8.77. The molecule has 0 saturated carbocycles. The molecule has 2 fully saturated rings. The van der Waals surface area contributed by atoms with E-state index in [2.05, 4.69) is 0 Å². The number of aliphatic hydroxyl groups is 1. The van der Waals surface area contributed by atoms with Crippen molar-refractivity contribution in [2.75, 3.05) is 32.9 Å². The van der Waals surface area contributed by atoms with Gasteiger partial charge in [-0.1, -0.05) is 23.7 Å². The third-order valence-corrected chi connectivity index (χ3v) is 5.56. The largest absolute Gasteiger partial charge is 0.396 e. The van der Waals surface area contributed by atoms with Crippen LogP contribution in [0.3, 0.4) is 0 Å². The molecule has 4 nitrogen and oxygen atoms in total. The molecular formula is C18H24ClNO3. The van der Waals surface area contributed by atoms with Crippen molar-refractivity contribution in [1.29, 1.82) is 0 Å². The number of hydrogen-bond donors (Lipinski definition) is 1. The van der Waals surface area contributed by atoms with Gasteiger partial charge in [-0.25, -0.2) is 0 Å². The third-order valence-electron chi connectivity index (χ3n) is 5.31. The van der Waals surface area contributed by atoms with E-state index in [-0.39, 0.29) is 12.5 Å². The average Bonchev–Trinajstić information content (AvgIpc) is 2.62. The molecule has 126 valence electrons. The van der Waals surface area contributed by atoms with Crippen molar-refractivity contribution in [3.05, 3.63) is 34.9 Å². The fourth-order valence-corrected chi connectivity index (χ4v) is 3.86. The monoisotopic (exact) mass is 337 g/mol. The van der Waals surface area contributed by atoms with Gasteiger partial charge in [0.05, 0.1) is 5.41 Å². The fourth-order valence-electron chi connectivity index (χ4n) is 3.74. The first-order chi connectivity index (χ1) is 11.2. The summed E-state index contributed by atoms with van der Waals surface area (Å²) in [7, 11) is 0. The average molecular weight is 338 g/mol. The van der Waals surface area contributed by atoms with Crippen molar-refractivity contribution < 1.29 is 14.6 Å². The molecule has 0 atom stereocenters. The lowest BCUT2D eigenvalue weighted by Crippen LogP contribution is -2.52. The molecule has 0 aromatic heterocycles. The van der Waals surface area contributed by atoms with Crippen molar-refractivity contribution >= 4 is 17.5 Å². The number of halogens is 1. The lowest BCUT2D eigenvalue weighted by Gasteiger charge is -2.42. The van der Waals surface area contributed by atoms with E-state index in [1.54, 1.807) is 0 Å². The smallest absolute Gasteiger partial charge is 0.233 e. The van der Waals surface area contributed by atoms with E-state index in [0.717, 1.165) is 31.5 Å². The SMILES string of the molecule is O=C(N1CCC(CO)CC1)C1(c2ccc(Cl)cc2)CCOCC1. The van der Waals surface area contributed by atoms with E-state index in [1.807, 2.05) is 29.2 Å². The Bertz CT molecular complexity index is 532. The number of likely N-dealkylation sites (tertiary alicyclic amines) is 1. The second-order valence-corrected chi connectivity index (χ2v) is 7.06. The second-order valence-electron chi connectivity index (χ2n) is 6.62. The molecular weight excluding hydrogens is 314 g/mol. The van der Waals surface area contributed by atoms with Crippen LogP contribution in [-0.2, 0) is 14.9 Å². The predicted octanol–water partition coefficient (Wildman–Crippen LogP) is 2.62. The summed E-state index contributed by atoms with van der Waals surface area (Å²) in [5.74, 6) is 0.541. The molecule has 0 radical (unpaired) electrons. The number of carbonyl (C=O) groups is 1. The number of hydrogen-bond acceptors (Lipinski definition) is 3. The second kappa shape index (κ2) is 7.20. The zero-order valence-electron chi connectivity index (χ0n) is 13.3. The zero-order valence-corrected chi connectivity index (χ0v) is 14.1. The van der Waals surface area contributed by atoms with Crippen LogP contribution in [0.2, 0.25) is 5.02 Å². The number of piperidine rings is 1. The molecule has 2 saturated heterocycles. The van der Waals surface area contributed by atoms with Crippen molar-refractivity contribution in [3.8, 4) is 0 Å². The molecule has 1 aromatic carbocycles. The highest BCUT2D eigenvalue weighted by atomic mass is 35.5. The zero-order chi connectivity index (χ0) is 16.3. The maximum Gasteiger partial charge on any atom is 0.233 e. The number of amides is 1.